The number of carbonyl (C=O) groups is 4. The number of nitrogens with two attached hydrogens (primary N) is 1. The number of nitrogens with one attached hydrogen (secondary N) is 3. The molecule has 0 bridgehead atoms. The molecule has 4 fully saturated rings. The van der Waals surface area contributed by atoms with E-state index in [9.17, 15) is 28.7 Å². The first-order chi connectivity index (χ1) is 35.3. The van der Waals surface area contributed by atoms with Crippen LogP contribution in [0.3, 0.4) is 0 Å². The molecule has 2 aromatic carbocycles. The van der Waals surface area contributed by atoms with E-state index in [4.69, 9.17) is 22.1 Å². The highest BCUT2D eigenvalue weighted by atomic mass is 35.5. The topological polar surface area (TPSA) is 208 Å². The molecule has 4 aromatic rings. The number of rotatable bonds is 20. The summed E-state index contributed by atoms with van der Waals surface area (Å²) in [6.45, 7) is 15.2. The summed E-state index contributed by atoms with van der Waals surface area (Å²) < 4.78 is 21.1. The summed E-state index contributed by atoms with van der Waals surface area (Å²) in [7, 11) is 0. The smallest absolute Gasteiger partial charge is 0.258 e. The molecule has 3 atom stereocenters. The average molecular weight is 1080 g/mol. The zero-order valence-corrected chi connectivity index (χ0v) is 45.7. The van der Waals surface area contributed by atoms with Crippen molar-refractivity contribution in [2.45, 2.75) is 139 Å². The van der Waals surface area contributed by atoms with Crippen molar-refractivity contribution in [3.05, 3.63) is 70.6 Å². The number of hydrogen-bond acceptors (Lipinski definition) is 14. The number of aliphatic hydroxyl groups is 1. The van der Waals surface area contributed by atoms with Gasteiger partial charge in [0.15, 0.2) is 5.67 Å². The predicted octanol–water partition coefficient (Wildman–Crippen LogP) is 7.79. The Morgan fingerprint density at radius 1 is 1.04 bits per heavy atom. The van der Waals surface area contributed by atoms with Crippen LogP contribution in [0.1, 0.15) is 103 Å². The lowest BCUT2D eigenvalue weighted by Crippen LogP contribution is -2.59. The van der Waals surface area contributed by atoms with Crippen LogP contribution in [0, 0.1) is 23.7 Å². The molecule has 0 radical (unpaired) electrons. The molecule has 16 nitrogen and oxygen atoms in total. The van der Waals surface area contributed by atoms with E-state index >= 15 is 0 Å². The molecule has 4 aliphatic rings. The minimum absolute atomic E-state index is 0.0304. The minimum Gasteiger partial charge on any atom is -0.493 e. The third-order valence-electron chi connectivity index (χ3n) is 15.1. The van der Waals surface area contributed by atoms with E-state index in [2.05, 4.69) is 47.6 Å². The summed E-state index contributed by atoms with van der Waals surface area (Å²) in [5.41, 5.74) is 8.40. The molecule has 3 aliphatic heterocycles. The largest absolute Gasteiger partial charge is 0.493 e. The van der Waals surface area contributed by atoms with Crippen LogP contribution in [0.4, 0.5) is 15.9 Å². The van der Waals surface area contributed by atoms with Crippen LogP contribution in [0.5, 0.6) is 5.75 Å². The third kappa shape index (κ3) is 13.9. The molecule has 1 saturated carbocycles. The molecule has 1 aliphatic carbocycles. The number of alkyl halides is 1. The fraction of sp³-hybridized carbons (Fsp3) is 0.574. The molecule has 8 rings (SSSR count). The minimum atomic E-state index is -1.97. The molecular weight excluding hydrogens is 1000 g/mol. The average Bonchev–Trinajstić information content (AvgIpc) is 3.79. The third-order valence-corrected chi connectivity index (χ3v) is 17.6. The van der Waals surface area contributed by atoms with Gasteiger partial charge >= 0.3 is 0 Å². The van der Waals surface area contributed by atoms with E-state index in [1.165, 1.54) is 28.0 Å². The van der Waals surface area contributed by atoms with Gasteiger partial charge in [-0.05, 0) is 118 Å². The second-order valence-electron chi connectivity index (χ2n) is 21.9. The van der Waals surface area contributed by atoms with E-state index in [-0.39, 0.29) is 43.7 Å². The Balaban J connectivity index is 0.784. The standard InChI is InChI=1S/C54H72ClFN10O6S2/c1-34-47(73-33-61-34)36-11-12-37(28-60-49(69)40-27-38(67)31-66(40)50(70)48(52(2,3)4)63-51(71)54(56)16-17-54)41(26-36)72-25-7-20-64-21-14-35(15-22-64)10-13-44(68)62-39-8-6-9-42(46(39)55)74-45-30-58-43(29-59-45)65-23-18-53(5,32-57)19-24-65/h6,8-9,11-12,26,29-30,33,35,38,40,48,67H,7,10,13-25,27-28,31-32,57H2,1-5H3,(H,60,69)(H,62,68)(H,63,71)/t38-,40+,48-/m1/s1. The SMILES string of the molecule is Cc1ncsc1-c1ccc(CNC(=O)[C@@H]2C[C@@H](O)CN2C(=O)[C@@H](NC(=O)C2(F)CC2)C(C)(C)C)c(OCCCN2CCC(CCC(=O)Nc3cccc(Sc4cnc(N5CCC(C)(CN)CC5)cn4)c3Cl)CC2)c1. The molecule has 0 unspecified atom stereocenters. The second-order valence-corrected chi connectivity index (χ2v) is 24.2. The number of hydrogen-bond donors (Lipinski definition) is 5. The molecule has 6 N–H and O–H groups in total. The fourth-order valence-electron chi connectivity index (χ4n) is 9.89. The number of halogens is 2. The van der Waals surface area contributed by atoms with Crippen LogP contribution >= 0.6 is 34.7 Å². The number of likely N-dealkylation sites (tertiary alicyclic amines) is 2. The molecular formula is C54H72ClFN10O6S2. The number of ether oxygens (including phenoxy) is 1. The zero-order valence-electron chi connectivity index (χ0n) is 43.3. The van der Waals surface area contributed by atoms with Gasteiger partial charge in [-0.25, -0.2) is 19.3 Å². The Morgan fingerprint density at radius 2 is 1.80 bits per heavy atom. The van der Waals surface area contributed by atoms with E-state index in [1.807, 2.05) is 49.5 Å². The van der Waals surface area contributed by atoms with Crippen molar-refractivity contribution < 1.29 is 33.4 Å². The number of thiazole rings is 1. The van der Waals surface area contributed by atoms with Crippen molar-refractivity contribution in [3.8, 4) is 16.2 Å². The maximum Gasteiger partial charge on any atom is 0.258 e. The van der Waals surface area contributed by atoms with Gasteiger partial charge < -0.3 is 46.2 Å². The van der Waals surface area contributed by atoms with Gasteiger partial charge in [-0.3, -0.25) is 19.2 Å². The summed E-state index contributed by atoms with van der Waals surface area (Å²) in [5, 5.41) is 20.5. The van der Waals surface area contributed by atoms with Crippen LogP contribution in [-0.4, -0.2) is 130 Å². The summed E-state index contributed by atoms with van der Waals surface area (Å²) in [5.74, 6) is 0.0452. The quantitative estimate of drug-likeness (QED) is 0.0537. The first-order valence-electron chi connectivity index (χ1n) is 26.0. The lowest BCUT2D eigenvalue weighted by atomic mass is 9.80. The number of β-amino-alcohol motifs (C(OH)–C–C–N with tert-alkyl or cyclic N) is 1. The second kappa shape index (κ2) is 24.0. The fourth-order valence-corrected chi connectivity index (χ4v) is 11.8. The number of aryl methyl sites for hydroxylation is 1. The summed E-state index contributed by atoms with van der Waals surface area (Å²) >= 11 is 9.78. The molecule has 3 saturated heterocycles. The highest BCUT2D eigenvalue weighted by Gasteiger charge is 2.53. The van der Waals surface area contributed by atoms with Crippen molar-refractivity contribution in [2.24, 2.45) is 22.5 Å². The lowest BCUT2D eigenvalue weighted by Gasteiger charge is -2.39. The summed E-state index contributed by atoms with van der Waals surface area (Å²) in [6, 6.07) is 9.41. The first-order valence-corrected chi connectivity index (χ1v) is 28.1. The predicted molar refractivity (Wildman–Crippen MR) is 288 cm³/mol. The van der Waals surface area contributed by atoms with Gasteiger partial charge in [-0.15, -0.1) is 11.3 Å². The normalized spacial score (nSPS) is 20.2. The van der Waals surface area contributed by atoms with Crippen molar-refractivity contribution in [1.82, 2.24) is 35.4 Å². The number of piperidine rings is 2. The van der Waals surface area contributed by atoms with Gasteiger partial charge in [0.2, 0.25) is 17.7 Å². The number of aromatic nitrogens is 3. The van der Waals surface area contributed by atoms with Gasteiger partial charge in [-0.2, -0.15) is 0 Å². The molecule has 0 spiro atoms. The van der Waals surface area contributed by atoms with E-state index in [0.29, 0.717) is 41.9 Å². The number of benzene rings is 2. The van der Waals surface area contributed by atoms with E-state index in [1.54, 1.807) is 32.5 Å². The molecule has 20 heteroatoms. The number of amides is 4. The molecule has 4 amide bonds. The molecule has 74 heavy (non-hydrogen) atoms. The lowest BCUT2D eigenvalue weighted by molar-refractivity contribution is -0.145. The Kier molecular flexibility index (Phi) is 17.9. The summed E-state index contributed by atoms with van der Waals surface area (Å²) in [4.78, 5) is 75.3. The molecule has 400 valence electrons. The van der Waals surface area contributed by atoms with Crippen LogP contribution in [0.25, 0.3) is 10.4 Å². The Labute approximate surface area is 447 Å². The van der Waals surface area contributed by atoms with Gasteiger partial charge in [0.25, 0.3) is 5.91 Å². The molecule has 2 aromatic heterocycles. The van der Waals surface area contributed by atoms with Crippen molar-refractivity contribution in [1.29, 1.82) is 0 Å². The van der Waals surface area contributed by atoms with E-state index < -0.39 is 47.0 Å². The highest BCUT2D eigenvalue weighted by Crippen LogP contribution is 2.41. The maximum absolute atomic E-state index is 14.7. The molecule has 5 heterocycles. The maximum atomic E-state index is 14.7. The zero-order chi connectivity index (χ0) is 52.8. The first kappa shape index (κ1) is 55.3. The monoisotopic (exact) mass is 1070 g/mol. The Morgan fingerprint density at radius 3 is 2.46 bits per heavy atom. The van der Waals surface area contributed by atoms with Gasteiger partial charge in [0.05, 0.1) is 51.9 Å². The van der Waals surface area contributed by atoms with Gasteiger partial charge in [0.1, 0.15) is 28.7 Å². The number of carbonyl (C=O) groups excluding carboxylic acids is 4. The van der Waals surface area contributed by atoms with Gasteiger partial charge in [0, 0.05) is 56.0 Å². The van der Waals surface area contributed by atoms with Crippen LogP contribution in [0.15, 0.2) is 64.2 Å². The van der Waals surface area contributed by atoms with Crippen LogP contribution in [-0.2, 0) is 25.7 Å². The number of aliphatic hydroxyl groups excluding tert-OH is 1. The summed E-state index contributed by atoms with van der Waals surface area (Å²) in [6.07, 6.45) is 8.90. The van der Waals surface area contributed by atoms with Crippen molar-refractivity contribution in [3.63, 3.8) is 0 Å². The van der Waals surface area contributed by atoms with Crippen molar-refractivity contribution >= 4 is 69.8 Å². The van der Waals surface area contributed by atoms with Crippen LogP contribution < -0.4 is 31.3 Å². The van der Waals surface area contributed by atoms with E-state index in [0.717, 1.165) is 109 Å². The van der Waals surface area contributed by atoms with Crippen molar-refractivity contribution in [2.75, 3.05) is 62.6 Å². The Bertz CT molecular complexity index is 2620. The van der Waals surface area contributed by atoms with Crippen LogP contribution in [0.2, 0.25) is 5.02 Å². The number of anilines is 2. The highest BCUT2D eigenvalue weighted by molar-refractivity contribution is 7.99. The van der Waals surface area contributed by atoms with Gasteiger partial charge in [-0.1, -0.05) is 69.3 Å². The Hall–Kier alpha value is -4.92. The number of nitrogens with zero attached hydrogens (tertiary/aromatic N) is 6.